The van der Waals surface area contributed by atoms with E-state index < -0.39 is 0 Å². The minimum Gasteiger partial charge on any atom is -0.382 e. The molecular formula is C14H21N5. The molecule has 5 nitrogen and oxygen atoms in total. The summed E-state index contributed by atoms with van der Waals surface area (Å²) in [6.07, 6.45) is 4.29. The van der Waals surface area contributed by atoms with E-state index >= 15 is 0 Å². The second-order valence-corrected chi connectivity index (χ2v) is 5.51. The van der Waals surface area contributed by atoms with Crippen molar-refractivity contribution in [1.82, 2.24) is 19.9 Å². The van der Waals surface area contributed by atoms with E-state index in [9.17, 15) is 0 Å². The highest BCUT2D eigenvalue weighted by molar-refractivity contribution is 5.49. The number of hydrogen-bond acceptors (Lipinski definition) is 4. The molecule has 102 valence electrons. The van der Waals surface area contributed by atoms with E-state index in [-0.39, 0.29) is 0 Å². The fraction of sp³-hybridized carbons (Fsp3) is 0.571. The molecule has 1 aliphatic rings. The number of fused-ring (bicyclic) bond motifs is 1. The van der Waals surface area contributed by atoms with Crippen LogP contribution in [0.25, 0.3) is 5.65 Å². The third-order valence-corrected chi connectivity index (χ3v) is 3.51. The molecular weight excluding hydrogens is 238 g/mol. The molecule has 0 atom stereocenters. The van der Waals surface area contributed by atoms with Crippen molar-refractivity contribution in [2.75, 3.05) is 18.4 Å². The van der Waals surface area contributed by atoms with E-state index in [0.717, 1.165) is 43.1 Å². The predicted octanol–water partition coefficient (Wildman–Crippen LogP) is 2.02. The minimum atomic E-state index is 0.421. The Labute approximate surface area is 113 Å². The first-order chi connectivity index (χ1) is 9.22. The molecule has 0 saturated carbocycles. The monoisotopic (exact) mass is 259 g/mol. The van der Waals surface area contributed by atoms with Crippen LogP contribution in [-0.2, 0) is 0 Å². The van der Waals surface area contributed by atoms with Crippen molar-refractivity contribution >= 4 is 11.3 Å². The summed E-state index contributed by atoms with van der Waals surface area (Å²) >= 11 is 0. The Kier molecular flexibility index (Phi) is 3.38. The van der Waals surface area contributed by atoms with Crippen LogP contribution in [-0.4, -0.2) is 33.7 Å². The van der Waals surface area contributed by atoms with Crippen molar-refractivity contribution in [2.24, 2.45) is 0 Å². The Balaban J connectivity index is 1.87. The number of aromatic nitrogens is 3. The van der Waals surface area contributed by atoms with Gasteiger partial charge in [-0.1, -0.05) is 0 Å². The van der Waals surface area contributed by atoms with Gasteiger partial charge in [-0.25, -0.2) is 9.50 Å². The van der Waals surface area contributed by atoms with Gasteiger partial charge in [0, 0.05) is 12.0 Å². The third kappa shape index (κ3) is 2.71. The summed E-state index contributed by atoms with van der Waals surface area (Å²) in [6.45, 7) is 6.40. The van der Waals surface area contributed by atoms with Gasteiger partial charge in [0.25, 0.3) is 0 Å². The number of pyridine rings is 1. The van der Waals surface area contributed by atoms with Crippen LogP contribution in [0.1, 0.15) is 38.4 Å². The molecule has 1 fully saturated rings. The summed E-state index contributed by atoms with van der Waals surface area (Å²) in [5.41, 5.74) is 2.02. The van der Waals surface area contributed by atoms with Gasteiger partial charge in [0.2, 0.25) is 0 Å². The Morgan fingerprint density at radius 2 is 2.11 bits per heavy atom. The Bertz CT molecular complexity index is 554. The van der Waals surface area contributed by atoms with Gasteiger partial charge >= 0.3 is 0 Å². The number of rotatable bonds is 3. The maximum absolute atomic E-state index is 4.65. The zero-order valence-electron chi connectivity index (χ0n) is 11.6. The van der Waals surface area contributed by atoms with Crippen molar-refractivity contribution in [3.8, 4) is 0 Å². The van der Waals surface area contributed by atoms with Crippen molar-refractivity contribution in [1.29, 1.82) is 0 Å². The predicted molar refractivity (Wildman–Crippen MR) is 76.6 cm³/mol. The molecule has 0 aliphatic carbocycles. The van der Waals surface area contributed by atoms with Crippen LogP contribution in [0.2, 0.25) is 0 Å². The van der Waals surface area contributed by atoms with E-state index in [4.69, 9.17) is 0 Å². The van der Waals surface area contributed by atoms with Crippen molar-refractivity contribution in [2.45, 2.75) is 38.6 Å². The Hall–Kier alpha value is -1.62. The largest absolute Gasteiger partial charge is 0.382 e. The SMILES string of the molecule is CC(C)Nc1ccc2nc(C3CCNCC3)nn2c1. The molecule has 0 bridgehead atoms. The molecule has 0 spiro atoms. The van der Waals surface area contributed by atoms with E-state index in [2.05, 4.69) is 40.6 Å². The second kappa shape index (κ2) is 5.17. The van der Waals surface area contributed by atoms with Gasteiger partial charge in [-0.05, 0) is 51.9 Å². The van der Waals surface area contributed by atoms with Crippen LogP contribution in [0.5, 0.6) is 0 Å². The average Bonchev–Trinajstić information content (AvgIpc) is 2.82. The third-order valence-electron chi connectivity index (χ3n) is 3.51. The average molecular weight is 259 g/mol. The molecule has 5 heteroatoms. The molecule has 2 aromatic rings. The van der Waals surface area contributed by atoms with Crippen molar-refractivity contribution < 1.29 is 0 Å². The lowest BCUT2D eigenvalue weighted by Crippen LogP contribution is -2.27. The second-order valence-electron chi connectivity index (χ2n) is 5.51. The molecule has 0 aromatic carbocycles. The molecule has 2 aromatic heterocycles. The Morgan fingerprint density at radius 1 is 1.32 bits per heavy atom. The molecule has 2 N–H and O–H groups in total. The summed E-state index contributed by atoms with van der Waals surface area (Å²) in [4.78, 5) is 4.65. The summed E-state index contributed by atoms with van der Waals surface area (Å²) in [5.74, 6) is 1.49. The highest BCUT2D eigenvalue weighted by atomic mass is 15.3. The maximum atomic E-state index is 4.65. The highest BCUT2D eigenvalue weighted by Gasteiger charge is 2.19. The van der Waals surface area contributed by atoms with Crippen LogP contribution < -0.4 is 10.6 Å². The first-order valence-electron chi connectivity index (χ1n) is 7.06. The smallest absolute Gasteiger partial charge is 0.155 e. The number of hydrogen-bond donors (Lipinski definition) is 2. The lowest BCUT2D eigenvalue weighted by atomic mass is 9.98. The fourth-order valence-corrected chi connectivity index (χ4v) is 2.57. The molecule has 0 unspecified atom stereocenters. The highest BCUT2D eigenvalue weighted by Crippen LogP contribution is 2.23. The molecule has 1 saturated heterocycles. The lowest BCUT2D eigenvalue weighted by molar-refractivity contribution is 0.445. The van der Waals surface area contributed by atoms with Crippen LogP contribution in [0.4, 0.5) is 5.69 Å². The number of anilines is 1. The standard InChI is InChI=1S/C14H21N5/c1-10(2)16-12-3-4-13-17-14(18-19(13)9-12)11-5-7-15-8-6-11/h3-4,9-11,15-16H,5-8H2,1-2H3. The lowest BCUT2D eigenvalue weighted by Gasteiger charge is -2.19. The molecule has 0 radical (unpaired) electrons. The summed E-state index contributed by atoms with van der Waals surface area (Å²) in [5, 5.41) is 11.4. The van der Waals surface area contributed by atoms with Crippen LogP contribution in [0.3, 0.4) is 0 Å². The molecule has 0 amide bonds. The topological polar surface area (TPSA) is 54.2 Å². The van der Waals surface area contributed by atoms with Crippen LogP contribution in [0, 0.1) is 0 Å². The van der Waals surface area contributed by atoms with Gasteiger partial charge in [0.1, 0.15) is 0 Å². The van der Waals surface area contributed by atoms with Crippen molar-refractivity contribution in [3.05, 3.63) is 24.2 Å². The first-order valence-corrected chi connectivity index (χ1v) is 7.06. The van der Waals surface area contributed by atoms with Gasteiger partial charge < -0.3 is 10.6 Å². The van der Waals surface area contributed by atoms with Gasteiger partial charge in [-0.2, -0.15) is 5.10 Å². The van der Waals surface area contributed by atoms with Crippen molar-refractivity contribution in [3.63, 3.8) is 0 Å². The summed E-state index contributed by atoms with van der Waals surface area (Å²) in [6, 6.07) is 4.52. The van der Waals surface area contributed by atoms with Crippen LogP contribution in [0.15, 0.2) is 18.3 Å². The van der Waals surface area contributed by atoms with E-state index in [1.807, 2.05) is 16.8 Å². The summed E-state index contributed by atoms with van der Waals surface area (Å²) < 4.78 is 1.89. The summed E-state index contributed by atoms with van der Waals surface area (Å²) in [7, 11) is 0. The van der Waals surface area contributed by atoms with Gasteiger partial charge in [0.05, 0.1) is 11.9 Å². The van der Waals surface area contributed by atoms with Gasteiger partial charge in [-0.15, -0.1) is 0 Å². The Morgan fingerprint density at radius 3 is 2.84 bits per heavy atom. The number of nitrogens with one attached hydrogen (secondary N) is 2. The normalized spacial score (nSPS) is 17.2. The van der Waals surface area contributed by atoms with E-state index in [0.29, 0.717) is 12.0 Å². The molecule has 19 heavy (non-hydrogen) atoms. The maximum Gasteiger partial charge on any atom is 0.155 e. The fourth-order valence-electron chi connectivity index (χ4n) is 2.57. The molecule has 3 heterocycles. The van der Waals surface area contributed by atoms with E-state index in [1.54, 1.807) is 0 Å². The van der Waals surface area contributed by atoms with Gasteiger partial charge in [-0.3, -0.25) is 0 Å². The molecule has 3 rings (SSSR count). The van der Waals surface area contributed by atoms with Crippen LogP contribution >= 0.6 is 0 Å². The van der Waals surface area contributed by atoms with E-state index in [1.165, 1.54) is 0 Å². The molecule has 1 aliphatic heterocycles. The van der Waals surface area contributed by atoms with Gasteiger partial charge in [0.15, 0.2) is 11.5 Å². The zero-order chi connectivity index (χ0) is 13.2. The first kappa shape index (κ1) is 12.4. The zero-order valence-corrected chi connectivity index (χ0v) is 11.6. The number of nitrogens with zero attached hydrogens (tertiary/aromatic N) is 3. The minimum absolute atomic E-state index is 0.421. The number of piperidine rings is 1. The quantitative estimate of drug-likeness (QED) is 0.885.